The average Bonchev–Trinajstić information content (AvgIpc) is 1.96. The Balaban J connectivity index is 3.89. The summed E-state index contributed by atoms with van der Waals surface area (Å²) in [4.78, 5) is 11.2. The fourth-order valence-corrected chi connectivity index (χ4v) is 0.824. The zero-order chi connectivity index (χ0) is 11.2. The molecule has 0 aromatic rings. The number of ether oxygens (including phenoxy) is 1. The van der Waals surface area contributed by atoms with Crippen molar-refractivity contribution in [1.29, 1.82) is 0 Å². The molecule has 1 atom stereocenters. The van der Waals surface area contributed by atoms with Gasteiger partial charge in [0.05, 0.1) is 0 Å². The van der Waals surface area contributed by atoms with Crippen LogP contribution < -0.4 is 11.1 Å². The number of rotatable bonds is 3. The first kappa shape index (κ1) is 13.0. The first-order valence-corrected chi connectivity index (χ1v) is 4.71. The summed E-state index contributed by atoms with van der Waals surface area (Å²) in [5, 5.41) is 2.67. The second-order valence-corrected chi connectivity index (χ2v) is 4.10. The lowest BCUT2D eigenvalue weighted by Gasteiger charge is -2.20. The van der Waals surface area contributed by atoms with Crippen LogP contribution in [0.3, 0.4) is 0 Å². The SMILES string of the molecule is CC(C=CCN)NC(=O)OC(C)(C)C. The van der Waals surface area contributed by atoms with Crippen molar-refractivity contribution in [2.45, 2.75) is 39.3 Å². The van der Waals surface area contributed by atoms with Crippen LogP contribution in [0, 0.1) is 0 Å². The van der Waals surface area contributed by atoms with Crippen LogP contribution in [-0.4, -0.2) is 24.3 Å². The number of alkyl carbamates (subject to hydrolysis) is 1. The molecule has 0 fully saturated rings. The zero-order valence-corrected chi connectivity index (χ0v) is 9.33. The number of carbonyl (C=O) groups is 1. The molecular weight excluding hydrogens is 180 g/mol. The standard InChI is InChI=1S/C10H20N2O2/c1-8(6-5-7-11)12-9(13)14-10(2,3)4/h5-6,8H,7,11H2,1-4H3,(H,12,13). The third-order valence-electron chi connectivity index (χ3n) is 1.31. The summed E-state index contributed by atoms with van der Waals surface area (Å²) in [7, 11) is 0. The van der Waals surface area contributed by atoms with E-state index in [-0.39, 0.29) is 6.04 Å². The second kappa shape index (κ2) is 5.65. The first-order chi connectivity index (χ1) is 6.35. The van der Waals surface area contributed by atoms with Gasteiger partial charge in [-0.2, -0.15) is 0 Å². The Hall–Kier alpha value is -1.03. The van der Waals surface area contributed by atoms with E-state index in [0.717, 1.165) is 0 Å². The third kappa shape index (κ3) is 7.61. The van der Waals surface area contributed by atoms with E-state index in [2.05, 4.69) is 5.32 Å². The maximum atomic E-state index is 11.2. The number of nitrogens with one attached hydrogen (secondary N) is 1. The van der Waals surface area contributed by atoms with Crippen molar-refractivity contribution in [1.82, 2.24) is 5.32 Å². The normalized spacial score (nSPS) is 14.1. The van der Waals surface area contributed by atoms with Gasteiger partial charge in [-0.3, -0.25) is 0 Å². The molecule has 0 aromatic heterocycles. The molecule has 0 saturated carbocycles. The number of amides is 1. The molecule has 0 spiro atoms. The molecule has 0 rings (SSSR count). The molecule has 0 aliphatic carbocycles. The van der Waals surface area contributed by atoms with Gasteiger partial charge in [-0.25, -0.2) is 4.79 Å². The van der Waals surface area contributed by atoms with Gasteiger partial charge in [0, 0.05) is 12.6 Å². The van der Waals surface area contributed by atoms with Crippen molar-refractivity contribution in [3.63, 3.8) is 0 Å². The third-order valence-corrected chi connectivity index (χ3v) is 1.31. The number of hydrogen-bond acceptors (Lipinski definition) is 3. The lowest BCUT2D eigenvalue weighted by atomic mass is 10.2. The zero-order valence-electron chi connectivity index (χ0n) is 9.33. The maximum Gasteiger partial charge on any atom is 0.408 e. The van der Waals surface area contributed by atoms with Gasteiger partial charge < -0.3 is 15.8 Å². The van der Waals surface area contributed by atoms with Gasteiger partial charge in [-0.15, -0.1) is 0 Å². The minimum absolute atomic E-state index is 0.0617. The molecule has 14 heavy (non-hydrogen) atoms. The van der Waals surface area contributed by atoms with Crippen molar-refractivity contribution >= 4 is 6.09 Å². The number of hydrogen-bond donors (Lipinski definition) is 2. The van der Waals surface area contributed by atoms with Crippen LogP contribution in [0.1, 0.15) is 27.7 Å². The lowest BCUT2D eigenvalue weighted by Crippen LogP contribution is -2.36. The molecule has 1 amide bonds. The highest BCUT2D eigenvalue weighted by molar-refractivity contribution is 5.68. The van der Waals surface area contributed by atoms with E-state index in [0.29, 0.717) is 6.54 Å². The van der Waals surface area contributed by atoms with Crippen LogP contribution in [0.15, 0.2) is 12.2 Å². The Labute approximate surface area is 85.5 Å². The second-order valence-electron chi connectivity index (χ2n) is 4.10. The predicted molar refractivity (Wildman–Crippen MR) is 57.0 cm³/mol. The minimum atomic E-state index is -0.457. The molecule has 82 valence electrons. The van der Waals surface area contributed by atoms with Gasteiger partial charge in [0.15, 0.2) is 0 Å². The van der Waals surface area contributed by atoms with E-state index in [1.54, 1.807) is 6.08 Å². The molecule has 0 radical (unpaired) electrons. The van der Waals surface area contributed by atoms with Gasteiger partial charge >= 0.3 is 6.09 Å². The Morgan fingerprint density at radius 1 is 1.57 bits per heavy atom. The molecule has 0 aliphatic heterocycles. The number of carbonyl (C=O) groups excluding carboxylic acids is 1. The Morgan fingerprint density at radius 3 is 2.57 bits per heavy atom. The fourth-order valence-electron chi connectivity index (χ4n) is 0.824. The van der Waals surface area contributed by atoms with E-state index in [9.17, 15) is 4.79 Å². The minimum Gasteiger partial charge on any atom is -0.444 e. The molecule has 0 aliphatic rings. The van der Waals surface area contributed by atoms with Crippen molar-refractivity contribution in [2.75, 3.05) is 6.54 Å². The smallest absolute Gasteiger partial charge is 0.408 e. The van der Waals surface area contributed by atoms with Crippen LogP contribution in [0.25, 0.3) is 0 Å². The summed E-state index contributed by atoms with van der Waals surface area (Å²) in [5.74, 6) is 0. The Morgan fingerprint density at radius 2 is 2.14 bits per heavy atom. The summed E-state index contributed by atoms with van der Waals surface area (Å²) >= 11 is 0. The average molecular weight is 200 g/mol. The maximum absolute atomic E-state index is 11.2. The number of nitrogens with two attached hydrogens (primary N) is 1. The van der Waals surface area contributed by atoms with Crippen molar-refractivity contribution in [2.24, 2.45) is 5.73 Å². The van der Waals surface area contributed by atoms with Crippen molar-refractivity contribution < 1.29 is 9.53 Å². The van der Waals surface area contributed by atoms with Gasteiger partial charge in [-0.1, -0.05) is 12.2 Å². The monoisotopic (exact) mass is 200 g/mol. The first-order valence-electron chi connectivity index (χ1n) is 4.71. The summed E-state index contributed by atoms with van der Waals surface area (Å²) in [5.41, 5.74) is 4.82. The fraction of sp³-hybridized carbons (Fsp3) is 0.700. The van der Waals surface area contributed by atoms with E-state index in [1.807, 2.05) is 33.8 Å². The summed E-state index contributed by atoms with van der Waals surface area (Å²) in [6.07, 6.45) is 3.21. The molecule has 0 aromatic carbocycles. The highest BCUT2D eigenvalue weighted by Gasteiger charge is 2.16. The summed E-state index contributed by atoms with van der Waals surface area (Å²) in [6, 6.07) is -0.0617. The van der Waals surface area contributed by atoms with Crippen LogP contribution in [0.2, 0.25) is 0 Å². The molecule has 0 bridgehead atoms. The van der Waals surface area contributed by atoms with Crippen LogP contribution >= 0.6 is 0 Å². The highest BCUT2D eigenvalue weighted by Crippen LogP contribution is 2.06. The summed E-state index contributed by atoms with van der Waals surface area (Å²) in [6.45, 7) is 7.81. The highest BCUT2D eigenvalue weighted by atomic mass is 16.6. The van der Waals surface area contributed by atoms with Crippen LogP contribution in [0.5, 0.6) is 0 Å². The van der Waals surface area contributed by atoms with E-state index < -0.39 is 11.7 Å². The Kier molecular flexibility index (Phi) is 5.23. The quantitative estimate of drug-likeness (QED) is 0.677. The van der Waals surface area contributed by atoms with E-state index >= 15 is 0 Å². The van der Waals surface area contributed by atoms with Gasteiger partial charge in [0.2, 0.25) is 0 Å². The van der Waals surface area contributed by atoms with Crippen LogP contribution in [0.4, 0.5) is 4.79 Å². The lowest BCUT2D eigenvalue weighted by molar-refractivity contribution is 0.0518. The molecule has 3 N–H and O–H groups in total. The van der Waals surface area contributed by atoms with Gasteiger partial charge in [-0.05, 0) is 27.7 Å². The molecule has 0 heterocycles. The van der Waals surface area contributed by atoms with E-state index in [4.69, 9.17) is 10.5 Å². The molecule has 4 heteroatoms. The molecule has 0 saturated heterocycles. The molecule has 4 nitrogen and oxygen atoms in total. The Bertz CT molecular complexity index is 207. The topological polar surface area (TPSA) is 64.3 Å². The van der Waals surface area contributed by atoms with Gasteiger partial charge in [0.1, 0.15) is 5.60 Å². The van der Waals surface area contributed by atoms with E-state index in [1.165, 1.54) is 0 Å². The van der Waals surface area contributed by atoms with Crippen molar-refractivity contribution in [3.05, 3.63) is 12.2 Å². The van der Waals surface area contributed by atoms with Gasteiger partial charge in [0.25, 0.3) is 0 Å². The molecular formula is C10H20N2O2. The predicted octanol–water partition coefficient (Wildman–Crippen LogP) is 1.41. The molecule has 1 unspecified atom stereocenters. The largest absolute Gasteiger partial charge is 0.444 e. The van der Waals surface area contributed by atoms with Crippen LogP contribution in [-0.2, 0) is 4.74 Å². The summed E-state index contributed by atoms with van der Waals surface area (Å²) < 4.78 is 5.07. The van der Waals surface area contributed by atoms with Crippen molar-refractivity contribution in [3.8, 4) is 0 Å².